The molecule has 0 aliphatic heterocycles. The second-order valence-electron chi connectivity index (χ2n) is 4.66. The highest BCUT2D eigenvalue weighted by Gasteiger charge is 2.09. The summed E-state index contributed by atoms with van der Waals surface area (Å²) in [5.74, 6) is 0.683. The van der Waals surface area contributed by atoms with Crippen molar-refractivity contribution >= 4 is 34.8 Å². The zero-order valence-corrected chi connectivity index (χ0v) is 12.9. The van der Waals surface area contributed by atoms with Gasteiger partial charge in [-0.15, -0.1) is 0 Å². The molecule has 5 heteroatoms. The standard InChI is InChI=1S/C16H13Cl2N3/c1-11-9-14(18)15(10-13(11)17)20-16-19-7-8-21(16)12-5-3-2-4-6-12/h2-10H,1H3,(H,19,20). The van der Waals surface area contributed by atoms with Crippen LogP contribution in [0.5, 0.6) is 0 Å². The van der Waals surface area contributed by atoms with E-state index in [2.05, 4.69) is 10.3 Å². The van der Waals surface area contributed by atoms with Crippen LogP contribution in [0.2, 0.25) is 10.0 Å². The maximum Gasteiger partial charge on any atom is 0.212 e. The summed E-state index contributed by atoms with van der Waals surface area (Å²) in [4.78, 5) is 4.33. The fraction of sp³-hybridized carbons (Fsp3) is 0.0625. The second kappa shape index (κ2) is 5.80. The van der Waals surface area contributed by atoms with Crippen molar-refractivity contribution in [2.45, 2.75) is 6.92 Å². The number of para-hydroxylation sites is 1. The van der Waals surface area contributed by atoms with E-state index in [4.69, 9.17) is 23.2 Å². The first-order valence-corrected chi connectivity index (χ1v) is 7.22. The first-order valence-electron chi connectivity index (χ1n) is 6.46. The number of nitrogens with one attached hydrogen (secondary N) is 1. The lowest BCUT2D eigenvalue weighted by atomic mass is 10.2. The van der Waals surface area contributed by atoms with E-state index in [-0.39, 0.29) is 0 Å². The molecule has 1 N–H and O–H groups in total. The van der Waals surface area contributed by atoms with Crippen molar-refractivity contribution in [3.8, 4) is 5.69 Å². The van der Waals surface area contributed by atoms with Crippen LogP contribution in [-0.2, 0) is 0 Å². The van der Waals surface area contributed by atoms with Crippen LogP contribution in [0.3, 0.4) is 0 Å². The van der Waals surface area contributed by atoms with Gasteiger partial charge in [-0.25, -0.2) is 4.98 Å². The van der Waals surface area contributed by atoms with E-state index < -0.39 is 0 Å². The average molecular weight is 318 g/mol. The maximum atomic E-state index is 6.26. The van der Waals surface area contributed by atoms with E-state index in [1.807, 2.05) is 60.2 Å². The van der Waals surface area contributed by atoms with E-state index in [1.54, 1.807) is 6.20 Å². The van der Waals surface area contributed by atoms with Gasteiger partial charge in [0.25, 0.3) is 0 Å². The van der Waals surface area contributed by atoms with Gasteiger partial charge < -0.3 is 5.32 Å². The third-order valence-corrected chi connectivity index (χ3v) is 3.89. The SMILES string of the molecule is Cc1cc(Cl)c(Nc2nccn2-c2ccccc2)cc1Cl. The van der Waals surface area contributed by atoms with Crippen molar-refractivity contribution in [2.75, 3.05) is 5.32 Å². The van der Waals surface area contributed by atoms with Crippen molar-refractivity contribution in [3.05, 3.63) is 70.5 Å². The molecule has 21 heavy (non-hydrogen) atoms. The summed E-state index contributed by atoms with van der Waals surface area (Å²) >= 11 is 12.4. The van der Waals surface area contributed by atoms with Gasteiger partial charge in [-0.3, -0.25) is 4.57 Å². The Morgan fingerprint density at radius 3 is 2.57 bits per heavy atom. The van der Waals surface area contributed by atoms with Crippen molar-refractivity contribution < 1.29 is 0 Å². The summed E-state index contributed by atoms with van der Waals surface area (Å²) < 4.78 is 1.95. The Kier molecular flexibility index (Phi) is 3.86. The minimum absolute atomic E-state index is 0.611. The lowest BCUT2D eigenvalue weighted by Crippen LogP contribution is -2.01. The topological polar surface area (TPSA) is 29.9 Å². The maximum absolute atomic E-state index is 6.26. The normalized spacial score (nSPS) is 10.6. The lowest BCUT2D eigenvalue weighted by Gasteiger charge is -2.12. The number of hydrogen-bond acceptors (Lipinski definition) is 2. The van der Waals surface area contributed by atoms with E-state index in [0.717, 1.165) is 16.9 Å². The number of aromatic nitrogens is 2. The fourth-order valence-corrected chi connectivity index (χ4v) is 2.48. The van der Waals surface area contributed by atoms with E-state index in [0.29, 0.717) is 16.0 Å². The molecule has 106 valence electrons. The van der Waals surface area contributed by atoms with Crippen LogP contribution in [0, 0.1) is 6.92 Å². The molecular formula is C16H13Cl2N3. The smallest absolute Gasteiger partial charge is 0.212 e. The van der Waals surface area contributed by atoms with Crippen molar-refractivity contribution in [1.82, 2.24) is 9.55 Å². The van der Waals surface area contributed by atoms with Crippen LogP contribution in [0.25, 0.3) is 5.69 Å². The largest absolute Gasteiger partial charge is 0.324 e. The molecule has 2 aromatic carbocycles. The number of nitrogens with zero attached hydrogens (tertiary/aromatic N) is 2. The number of imidazole rings is 1. The number of benzene rings is 2. The predicted molar refractivity (Wildman–Crippen MR) is 88.0 cm³/mol. The minimum Gasteiger partial charge on any atom is -0.324 e. The Balaban J connectivity index is 1.97. The Hall–Kier alpha value is -1.97. The Morgan fingerprint density at radius 1 is 1.05 bits per heavy atom. The van der Waals surface area contributed by atoms with Crippen LogP contribution < -0.4 is 5.32 Å². The van der Waals surface area contributed by atoms with E-state index in [9.17, 15) is 0 Å². The molecular weight excluding hydrogens is 305 g/mol. The first kappa shape index (κ1) is 14.0. The molecule has 0 radical (unpaired) electrons. The molecule has 0 saturated heterocycles. The molecule has 0 unspecified atom stereocenters. The van der Waals surface area contributed by atoms with Crippen LogP contribution in [-0.4, -0.2) is 9.55 Å². The number of anilines is 2. The van der Waals surface area contributed by atoms with Gasteiger partial charge in [0.2, 0.25) is 5.95 Å². The summed E-state index contributed by atoms with van der Waals surface area (Å²) in [6, 6.07) is 13.6. The van der Waals surface area contributed by atoms with Crippen molar-refractivity contribution in [2.24, 2.45) is 0 Å². The van der Waals surface area contributed by atoms with Crippen molar-refractivity contribution in [1.29, 1.82) is 0 Å². The molecule has 0 atom stereocenters. The third-order valence-electron chi connectivity index (χ3n) is 3.17. The molecule has 1 aromatic heterocycles. The zero-order chi connectivity index (χ0) is 14.8. The molecule has 0 fully saturated rings. The van der Waals surface area contributed by atoms with Crippen LogP contribution in [0.4, 0.5) is 11.6 Å². The zero-order valence-electron chi connectivity index (χ0n) is 11.3. The highest BCUT2D eigenvalue weighted by Crippen LogP contribution is 2.31. The van der Waals surface area contributed by atoms with Crippen LogP contribution in [0.1, 0.15) is 5.56 Å². The highest BCUT2D eigenvalue weighted by molar-refractivity contribution is 6.35. The number of aryl methyl sites for hydroxylation is 1. The quantitative estimate of drug-likeness (QED) is 0.716. The Labute approximate surface area is 133 Å². The summed E-state index contributed by atoms with van der Waals surface area (Å²) in [5.41, 5.74) is 2.70. The monoisotopic (exact) mass is 317 g/mol. The summed E-state index contributed by atoms with van der Waals surface area (Å²) in [6.45, 7) is 1.92. The van der Waals surface area contributed by atoms with Gasteiger partial charge in [0.1, 0.15) is 0 Å². The predicted octanol–water partition coefficient (Wildman–Crippen LogP) is 5.23. The molecule has 0 aliphatic rings. The molecule has 3 rings (SSSR count). The van der Waals surface area contributed by atoms with E-state index >= 15 is 0 Å². The molecule has 0 spiro atoms. The highest BCUT2D eigenvalue weighted by atomic mass is 35.5. The van der Waals surface area contributed by atoms with Crippen molar-refractivity contribution in [3.63, 3.8) is 0 Å². The first-order chi connectivity index (χ1) is 10.1. The third kappa shape index (κ3) is 2.89. The second-order valence-corrected chi connectivity index (χ2v) is 5.48. The molecule has 1 heterocycles. The Morgan fingerprint density at radius 2 is 1.81 bits per heavy atom. The van der Waals surface area contributed by atoms with Gasteiger partial charge in [0, 0.05) is 23.1 Å². The van der Waals surface area contributed by atoms with Gasteiger partial charge in [0.05, 0.1) is 10.7 Å². The van der Waals surface area contributed by atoms with E-state index in [1.165, 1.54) is 0 Å². The van der Waals surface area contributed by atoms with Crippen LogP contribution >= 0.6 is 23.2 Å². The average Bonchev–Trinajstić information content (AvgIpc) is 2.94. The van der Waals surface area contributed by atoms with Gasteiger partial charge >= 0.3 is 0 Å². The van der Waals surface area contributed by atoms with Crippen LogP contribution in [0.15, 0.2) is 54.9 Å². The lowest BCUT2D eigenvalue weighted by molar-refractivity contribution is 1.06. The molecule has 0 aliphatic carbocycles. The van der Waals surface area contributed by atoms with Gasteiger partial charge in [0.15, 0.2) is 0 Å². The molecule has 0 saturated carbocycles. The summed E-state index contributed by atoms with van der Waals surface area (Å²) in [5, 5.41) is 4.50. The van der Waals surface area contributed by atoms with Gasteiger partial charge in [-0.2, -0.15) is 0 Å². The fourth-order valence-electron chi connectivity index (χ4n) is 2.06. The molecule has 0 bridgehead atoms. The summed E-state index contributed by atoms with van der Waals surface area (Å²) in [6.07, 6.45) is 3.63. The molecule has 3 aromatic rings. The minimum atomic E-state index is 0.611. The van der Waals surface area contributed by atoms with Gasteiger partial charge in [-0.1, -0.05) is 41.4 Å². The number of rotatable bonds is 3. The summed E-state index contributed by atoms with van der Waals surface area (Å²) in [7, 11) is 0. The molecule has 3 nitrogen and oxygen atoms in total. The number of halogens is 2. The number of hydrogen-bond donors (Lipinski definition) is 1. The molecule has 0 amide bonds. The Bertz CT molecular complexity index is 766. The van der Waals surface area contributed by atoms with Gasteiger partial charge in [-0.05, 0) is 36.8 Å².